The van der Waals surface area contributed by atoms with Gasteiger partial charge in [-0.2, -0.15) is 0 Å². The van der Waals surface area contributed by atoms with Crippen molar-refractivity contribution in [1.29, 1.82) is 0 Å². The third kappa shape index (κ3) is 5.01. The minimum absolute atomic E-state index is 0.101. The van der Waals surface area contributed by atoms with Crippen LogP contribution in [0.2, 0.25) is 0 Å². The maximum absolute atomic E-state index is 13.1. The quantitative estimate of drug-likeness (QED) is 0.394. The molecular formula is C25H33N3OS. The number of hydrogen-bond acceptors (Lipinski definition) is 3. The average Bonchev–Trinajstić information content (AvgIpc) is 3.35. The zero-order valence-corrected chi connectivity index (χ0v) is 19.6. The lowest BCUT2D eigenvalue weighted by atomic mass is 10.1. The third-order valence-corrected chi connectivity index (χ3v) is 6.40. The number of carbonyl (C=O) groups is 1. The van der Waals surface area contributed by atoms with Crippen LogP contribution in [0, 0.1) is 12.8 Å². The minimum atomic E-state index is 0.101. The number of unbranched alkanes of at least 4 members (excludes halogenated alkanes) is 1. The molecule has 3 rings (SSSR count). The van der Waals surface area contributed by atoms with Gasteiger partial charge in [0, 0.05) is 36.8 Å². The molecule has 0 radical (unpaired) electrons. The molecule has 0 atom stereocenters. The highest BCUT2D eigenvalue weighted by molar-refractivity contribution is 7.13. The molecule has 0 aliphatic heterocycles. The van der Waals surface area contributed by atoms with Gasteiger partial charge in [-0.1, -0.05) is 57.5 Å². The Hall–Kier alpha value is -2.40. The largest absolute Gasteiger partial charge is 0.343 e. The van der Waals surface area contributed by atoms with E-state index in [0.29, 0.717) is 5.92 Å². The van der Waals surface area contributed by atoms with E-state index in [1.807, 2.05) is 36.2 Å². The molecule has 0 bridgehead atoms. The molecule has 2 heterocycles. The molecule has 160 valence electrons. The Morgan fingerprint density at radius 1 is 1.23 bits per heavy atom. The van der Waals surface area contributed by atoms with Crippen LogP contribution in [-0.2, 0) is 6.54 Å². The van der Waals surface area contributed by atoms with Crippen LogP contribution in [0.4, 0.5) is 0 Å². The second kappa shape index (κ2) is 10.1. The van der Waals surface area contributed by atoms with E-state index in [0.717, 1.165) is 65.6 Å². The fourth-order valence-corrected chi connectivity index (χ4v) is 4.38. The van der Waals surface area contributed by atoms with E-state index in [2.05, 4.69) is 49.8 Å². The number of aromatic nitrogens is 2. The molecule has 3 aromatic rings. The number of benzene rings is 1. The summed E-state index contributed by atoms with van der Waals surface area (Å²) in [5.74, 6) is 0.699. The Labute approximate surface area is 184 Å². The molecule has 0 unspecified atom stereocenters. The standard InChI is InChI=1S/C25H33N3OS/c1-6-7-14-27(5)25(29)21-16-23(28(19(21)4)15-13-18(2)3)22-17-30-24(26-22)20-11-9-8-10-12-20/h8-12,16-18H,6-7,13-15H2,1-5H3. The predicted molar refractivity (Wildman–Crippen MR) is 127 cm³/mol. The van der Waals surface area contributed by atoms with Gasteiger partial charge >= 0.3 is 0 Å². The smallest absolute Gasteiger partial charge is 0.255 e. The summed E-state index contributed by atoms with van der Waals surface area (Å²) < 4.78 is 2.28. The topological polar surface area (TPSA) is 38.1 Å². The molecule has 0 aliphatic rings. The summed E-state index contributed by atoms with van der Waals surface area (Å²) in [4.78, 5) is 19.9. The van der Waals surface area contributed by atoms with Crippen LogP contribution in [-0.4, -0.2) is 34.0 Å². The van der Waals surface area contributed by atoms with E-state index in [1.165, 1.54) is 0 Å². The van der Waals surface area contributed by atoms with Crippen LogP contribution in [0.15, 0.2) is 41.8 Å². The molecule has 0 aliphatic carbocycles. The summed E-state index contributed by atoms with van der Waals surface area (Å²) in [5, 5.41) is 3.12. The Bertz CT molecular complexity index is 972. The molecule has 4 nitrogen and oxygen atoms in total. The second-order valence-corrected chi connectivity index (χ2v) is 9.21. The molecule has 0 N–H and O–H groups in total. The molecule has 30 heavy (non-hydrogen) atoms. The monoisotopic (exact) mass is 423 g/mol. The van der Waals surface area contributed by atoms with E-state index in [9.17, 15) is 4.79 Å². The Morgan fingerprint density at radius 2 is 1.97 bits per heavy atom. The number of amides is 1. The van der Waals surface area contributed by atoms with Crippen LogP contribution < -0.4 is 0 Å². The van der Waals surface area contributed by atoms with Gasteiger partial charge in [0.05, 0.1) is 17.0 Å². The summed E-state index contributed by atoms with van der Waals surface area (Å²) in [6, 6.07) is 12.3. The van der Waals surface area contributed by atoms with Gasteiger partial charge in [0.2, 0.25) is 0 Å². The van der Waals surface area contributed by atoms with E-state index in [1.54, 1.807) is 11.3 Å². The van der Waals surface area contributed by atoms with Crippen molar-refractivity contribution in [1.82, 2.24) is 14.5 Å². The van der Waals surface area contributed by atoms with E-state index < -0.39 is 0 Å². The lowest BCUT2D eigenvalue weighted by molar-refractivity contribution is 0.0792. The zero-order chi connectivity index (χ0) is 21.7. The van der Waals surface area contributed by atoms with Crippen molar-refractivity contribution in [2.75, 3.05) is 13.6 Å². The number of nitrogens with zero attached hydrogens (tertiary/aromatic N) is 3. The van der Waals surface area contributed by atoms with E-state index in [-0.39, 0.29) is 5.91 Å². The number of rotatable bonds is 9. The van der Waals surface area contributed by atoms with Gasteiger partial charge in [-0.15, -0.1) is 11.3 Å². The average molecular weight is 424 g/mol. The summed E-state index contributed by atoms with van der Waals surface area (Å²) >= 11 is 1.65. The van der Waals surface area contributed by atoms with Gasteiger partial charge in [-0.3, -0.25) is 4.79 Å². The van der Waals surface area contributed by atoms with Gasteiger partial charge in [0.15, 0.2) is 0 Å². The number of carbonyl (C=O) groups excluding carboxylic acids is 1. The normalized spacial score (nSPS) is 11.3. The highest BCUT2D eigenvalue weighted by Gasteiger charge is 2.22. The second-order valence-electron chi connectivity index (χ2n) is 8.35. The van der Waals surface area contributed by atoms with E-state index >= 15 is 0 Å². The first-order valence-electron chi connectivity index (χ1n) is 10.9. The highest BCUT2D eigenvalue weighted by atomic mass is 32.1. The Kier molecular flexibility index (Phi) is 7.48. The molecule has 0 spiro atoms. The van der Waals surface area contributed by atoms with Crippen molar-refractivity contribution in [2.24, 2.45) is 5.92 Å². The third-order valence-electron chi connectivity index (χ3n) is 5.51. The lowest BCUT2D eigenvalue weighted by Gasteiger charge is -2.17. The SMILES string of the molecule is CCCCN(C)C(=O)c1cc(-c2csc(-c3ccccc3)n2)n(CCC(C)C)c1C. The van der Waals surface area contributed by atoms with Crippen molar-refractivity contribution in [3.63, 3.8) is 0 Å². The molecule has 2 aromatic heterocycles. The van der Waals surface area contributed by atoms with Gasteiger partial charge in [0.25, 0.3) is 5.91 Å². The van der Waals surface area contributed by atoms with Crippen molar-refractivity contribution >= 4 is 17.2 Å². The van der Waals surface area contributed by atoms with Crippen LogP contribution in [0.3, 0.4) is 0 Å². The van der Waals surface area contributed by atoms with Crippen molar-refractivity contribution < 1.29 is 4.79 Å². The molecular weight excluding hydrogens is 390 g/mol. The van der Waals surface area contributed by atoms with Crippen molar-refractivity contribution in [3.8, 4) is 22.0 Å². The first kappa shape index (κ1) is 22.3. The van der Waals surface area contributed by atoms with Gasteiger partial charge in [-0.05, 0) is 31.7 Å². The van der Waals surface area contributed by atoms with Gasteiger partial charge in [0.1, 0.15) is 5.01 Å². The maximum atomic E-state index is 13.1. The zero-order valence-electron chi connectivity index (χ0n) is 18.8. The molecule has 5 heteroatoms. The molecule has 1 amide bonds. The predicted octanol–water partition coefficient (Wildman–Crippen LogP) is 6.51. The highest BCUT2D eigenvalue weighted by Crippen LogP contribution is 2.32. The first-order chi connectivity index (χ1) is 14.4. The summed E-state index contributed by atoms with van der Waals surface area (Å²) in [6.07, 6.45) is 3.17. The van der Waals surface area contributed by atoms with Crippen LogP contribution in [0.25, 0.3) is 22.0 Å². The summed E-state index contributed by atoms with van der Waals surface area (Å²) in [7, 11) is 1.90. The molecule has 0 fully saturated rings. The maximum Gasteiger partial charge on any atom is 0.255 e. The molecule has 0 saturated heterocycles. The van der Waals surface area contributed by atoms with Crippen LogP contribution >= 0.6 is 11.3 Å². The van der Waals surface area contributed by atoms with Crippen LogP contribution in [0.5, 0.6) is 0 Å². The van der Waals surface area contributed by atoms with Crippen molar-refractivity contribution in [2.45, 2.75) is 53.5 Å². The van der Waals surface area contributed by atoms with Crippen molar-refractivity contribution in [3.05, 3.63) is 53.0 Å². The fourth-order valence-electron chi connectivity index (χ4n) is 3.56. The summed E-state index contributed by atoms with van der Waals surface area (Å²) in [6.45, 7) is 10.4. The van der Waals surface area contributed by atoms with E-state index in [4.69, 9.17) is 4.98 Å². The Balaban J connectivity index is 1.98. The molecule has 1 aromatic carbocycles. The van der Waals surface area contributed by atoms with Gasteiger partial charge in [-0.25, -0.2) is 4.98 Å². The first-order valence-corrected chi connectivity index (χ1v) is 11.8. The number of hydrogen-bond donors (Lipinski definition) is 0. The Morgan fingerprint density at radius 3 is 2.63 bits per heavy atom. The fraction of sp³-hybridized carbons (Fsp3) is 0.440. The van der Waals surface area contributed by atoms with Crippen LogP contribution in [0.1, 0.15) is 56.1 Å². The number of thiazole rings is 1. The van der Waals surface area contributed by atoms with Gasteiger partial charge < -0.3 is 9.47 Å². The lowest BCUT2D eigenvalue weighted by Crippen LogP contribution is -2.28. The summed E-state index contributed by atoms with van der Waals surface area (Å²) in [5.41, 5.74) is 4.94. The minimum Gasteiger partial charge on any atom is -0.343 e. The molecule has 0 saturated carbocycles.